The predicted molar refractivity (Wildman–Crippen MR) is 143 cm³/mol. The summed E-state index contributed by atoms with van der Waals surface area (Å²) in [7, 11) is 1.63. The number of piperazine rings is 1. The highest BCUT2D eigenvalue weighted by Crippen LogP contribution is 2.36. The molecule has 198 valence electrons. The molecule has 4 aliphatic rings. The molecule has 2 unspecified atom stereocenters. The van der Waals surface area contributed by atoms with Gasteiger partial charge in [0.25, 0.3) is 0 Å². The molecule has 10 nitrogen and oxygen atoms in total. The van der Waals surface area contributed by atoms with Crippen LogP contribution in [0.5, 0.6) is 5.88 Å². The van der Waals surface area contributed by atoms with E-state index in [0.717, 1.165) is 36.7 Å². The zero-order valence-corrected chi connectivity index (χ0v) is 21.6. The first kappa shape index (κ1) is 23.8. The average Bonchev–Trinajstić information content (AvgIpc) is 3.62. The summed E-state index contributed by atoms with van der Waals surface area (Å²) in [5.74, 6) is 1.48. The van der Waals surface area contributed by atoms with Gasteiger partial charge in [0.05, 0.1) is 54.4 Å². The number of nitriles is 1. The maximum atomic E-state index is 13.9. The summed E-state index contributed by atoms with van der Waals surface area (Å²) in [6, 6.07) is 9.12. The molecule has 8 heterocycles. The second-order valence-corrected chi connectivity index (χ2v) is 10.5. The van der Waals surface area contributed by atoms with E-state index in [1.54, 1.807) is 24.0 Å². The van der Waals surface area contributed by atoms with Crippen molar-refractivity contribution >= 4 is 17.0 Å². The summed E-state index contributed by atoms with van der Waals surface area (Å²) in [5, 5.41) is 14.1. The van der Waals surface area contributed by atoms with Gasteiger partial charge in [-0.25, -0.2) is 18.9 Å². The van der Waals surface area contributed by atoms with E-state index in [0.29, 0.717) is 54.2 Å². The molecule has 39 heavy (non-hydrogen) atoms. The van der Waals surface area contributed by atoms with Crippen LogP contribution < -0.4 is 14.5 Å². The summed E-state index contributed by atoms with van der Waals surface area (Å²) in [6.07, 6.45) is 9.74. The lowest BCUT2D eigenvalue weighted by molar-refractivity contribution is -0.00879. The number of piperidine rings is 1. The van der Waals surface area contributed by atoms with E-state index < -0.39 is 6.17 Å². The van der Waals surface area contributed by atoms with Gasteiger partial charge < -0.3 is 14.5 Å². The fourth-order valence-corrected chi connectivity index (χ4v) is 6.10. The van der Waals surface area contributed by atoms with Crippen molar-refractivity contribution in [3.05, 3.63) is 60.3 Å². The standard InChI is InChI=1S/C28H28FN9O/c1-39-27-3-2-18(9-33-27)13-37-22-6-23(37)16-36(15-22)26-12-31-25(11-32-26)24-7-21(35-5-4-20(29)14-35)17-38-28(24)19(8-30)10-34-38/h2-3,7,9-12,17,20,22-23H,4-6,13-16H2,1H3/t20-,22?,23?/m1/s1. The van der Waals surface area contributed by atoms with Crippen LogP contribution in [0.15, 0.2) is 49.2 Å². The topological polar surface area (TPSA) is 98.7 Å². The number of pyridine rings is 2. The molecule has 4 aromatic rings. The first-order chi connectivity index (χ1) is 19.1. The first-order valence-electron chi connectivity index (χ1n) is 13.2. The Hall–Kier alpha value is -4.30. The highest BCUT2D eigenvalue weighted by atomic mass is 19.1. The number of ether oxygens (including phenoxy) is 1. The lowest BCUT2D eigenvalue weighted by Gasteiger charge is -2.56. The third kappa shape index (κ3) is 4.21. The van der Waals surface area contributed by atoms with Crippen LogP contribution in [0.3, 0.4) is 0 Å². The summed E-state index contributed by atoms with van der Waals surface area (Å²) in [4.78, 5) is 20.7. The summed E-state index contributed by atoms with van der Waals surface area (Å²) >= 11 is 0. The maximum absolute atomic E-state index is 13.9. The zero-order chi connectivity index (χ0) is 26.5. The molecular formula is C28H28FN9O. The van der Waals surface area contributed by atoms with Crippen LogP contribution in [0, 0.1) is 11.3 Å². The molecule has 0 spiro atoms. The van der Waals surface area contributed by atoms with Crippen molar-refractivity contribution in [2.45, 2.75) is 37.6 Å². The first-order valence-corrected chi connectivity index (χ1v) is 13.2. The maximum Gasteiger partial charge on any atom is 0.212 e. The van der Waals surface area contributed by atoms with Gasteiger partial charge >= 0.3 is 0 Å². The van der Waals surface area contributed by atoms with Crippen molar-refractivity contribution in [1.29, 1.82) is 5.26 Å². The van der Waals surface area contributed by atoms with Gasteiger partial charge in [-0.2, -0.15) is 10.4 Å². The number of rotatable bonds is 6. The van der Waals surface area contributed by atoms with Gasteiger partial charge in [-0.1, -0.05) is 6.07 Å². The van der Waals surface area contributed by atoms with Gasteiger partial charge in [-0.3, -0.25) is 9.88 Å². The molecule has 3 atom stereocenters. The summed E-state index contributed by atoms with van der Waals surface area (Å²) in [5.41, 5.74) is 4.62. The largest absolute Gasteiger partial charge is 0.481 e. The van der Waals surface area contributed by atoms with E-state index in [4.69, 9.17) is 14.7 Å². The van der Waals surface area contributed by atoms with Gasteiger partial charge in [0.2, 0.25) is 5.88 Å². The number of nitrogens with zero attached hydrogens (tertiary/aromatic N) is 9. The Bertz CT molecular complexity index is 1540. The Kier molecular flexibility index (Phi) is 5.77. The molecule has 0 aliphatic carbocycles. The van der Waals surface area contributed by atoms with E-state index in [2.05, 4.69) is 32.0 Å². The number of anilines is 2. The van der Waals surface area contributed by atoms with Crippen LogP contribution >= 0.6 is 0 Å². The quantitative estimate of drug-likeness (QED) is 0.376. The molecule has 11 heteroatoms. The number of methoxy groups -OCH3 is 1. The minimum Gasteiger partial charge on any atom is -0.481 e. The lowest BCUT2D eigenvalue weighted by Crippen LogP contribution is -2.68. The Morgan fingerprint density at radius 1 is 1.05 bits per heavy atom. The minimum atomic E-state index is -0.838. The fourth-order valence-electron chi connectivity index (χ4n) is 6.10. The minimum absolute atomic E-state index is 0.352. The Balaban J connectivity index is 1.10. The predicted octanol–water partition coefficient (Wildman–Crippen LogP) is 3.08. The second-order valence-electron chi connectivity index (χ2n) is 10.5. The molecule has 4 aliphatic heterocycles. The van der Waals surface area contributed by atoms with Gasteiger partial charge in [-0.05, 0) is 24.5 Å². The molecule has 0 radical (unpaired) electrons. The molecule has 0 aromatic carbocycles. The number of aromatic nitrogens is 5. The molecule has 4 saturated heterocycles. The molecule has 4 aromatic heterocycles. The van der Waals surface area contributed by atoms with Crippen molar-refractivity contribution in [1.82, 2.24) is 29.5 Å². The van der Waals surface area contributed by atoms with Gasteiger partial charge in [0.15, 0.2) is 0 Å². The van der Waals surface area contributed by atoms with Crippen molar-refractivity contribution in [3.63, 3.8) is 0 Å². The number of fused-ring (bicyclic) bond motifs is 3. The van der Waals surface area contributed by atoms with E-state index in [1.807, 2.05) is 35.6 Å². The van der Waals surface area contributed by atoms with E-state index in [9.17, 15) is 9.65 Å². The smallest absolute Gasteiger partial charge is 0.212 e. The molecule has 2 bridgehead atoms. The van der Waals surface area contributed by atoms with Crippen molar-refractivity contribution in [2.75, 3.05) is 43.1 Å². The summed E-state index contributed by atoms with van der Waals surface area (Å²) < 4.78 is 20.8. The van der Waals surface area contributed by atoms with Crippen molar-refractivity contribution in [3.8, 4) is 23.2 Å². The monoisotopic (exact) mass is 525 g/mol. The van der Waals surface area contributed by atoms with Gasteiger partial charge in [0.1, 0.15) is 18.1 Å². The average molecular weight is 526 g/mol. The van der Waals surface area contributed by atoms with Crippen molar-refractivity contribution in [2.24, 2.45) is 0 Å². The molecule has 4 fully saturated rings. The zero-order valence-electron chi connectivity index (χ0n) is 21.6. The van der Waals surface area contributed by atoms with Crippen molar-refractivity contribution < 1.29 is 9.13 Å². The molecule has 0 saturated carbocycles. The van der Waals surface area contributed by atoms with Gasteiger partial charge in [-0.15, -0.1) is 0 Å². The highest BCUT2D eigenvalue weighted by molar-refractivity contribution is 5.85. The van der Waals surface area contributed by atoms with E-state index in [-0.39, 0.29) is 0 Å². The van der Waals surface area contributed by atoms with Crippen LogP contribution in [0.25, 0.3) is 16.8 Å². The third-order valence-corrected chi connectivity index (χ3v) is 8.17. The molecule has 0 N–H and O–H groups in total. The van der Waals surface area contributed by atoms with Crippen LogP contribution in [-0.4, -0.2) is 81.0 Å². The number of hydrogen-bond donors (Lipinski definition) is 0. The number of hydrogen-bond acceptors (Lipinski definition) is 9. The molecule has 0 amide bonds. The van der Waals surface area contributed by atoms with Crippen LogP contribution in [0.1, 0.15) is 24.0 Å². The Labute approximate surface area is 225 Å². The molecular weight excluding hydrogens is 497 g/mol. The Morgan fingerprint density at radius 3 is 2.59 bits per heavy atom. The molecule has 8 rings (SSSR count). The normalized spacial score (nSPS) is 22.6. The Morgan fingerprint density at radius 2 is 1.92 bits per heavy atom. The van der Waals surface area contributed by atoms with Crippen LogP contribution in [0.2, 0.25) is 0 Å². The lowest BCUT2D eigenvalue weighted by atomic mass is 9.87. The number of alkyl halides is 1. The van der Waals surface area contributed by atoms with Crippen LogP contribution in [-0.2, 0) is 6.54 Å². The van der Waals surface area contributed by atoms with E-state index >= 15 is 0 Å². The summed E-state index contributed by atoms with van der Waals surface area (Å²) in [6.45, 7) is 3.67. The second kappa shape index (κ2) is 9.47. The van der Waals surface area contributed by atoms with Gasteiger partial charge in [0, 0.05) is 62.6 Å². The SMILES string of the molecule is COc1ccc(CN2C3CC2CN(c2cnc(-c4cc(N5CC[C@@H](F)C5)cn5ncc(C#N)c45)cn2)C3)cn1. The van der Waals surface area contributed by atoms with Crippen LogP contribution in [0.4, 0.5) is 15.9 Å². The fraction of sp³-hybridized carbons (Fsp3) is 0.393. The van der Waals surface area contributed by atoms with E-state index in [1.165, 1.54) is 12.0 Å². The highest BCUT2D eigenvalue weighted by Gasteiger charge is 2.44. The number of halogens is 1. The third-order valence-electron chi connectivity index (χ3n) is 8.17.